The number of nitrogens with zero attached hydrogens (tertiary/aromatic N) is 1. The maximum Gasteiger partial charge on any atom is 0.246 e. The Morgan fingerprint density at radius 1 is 1.33 bits per heavy atom. The van der Waals surface area contributed by atoms with Crippen LogP contribution in [0.3, 0.4) is 0 Å². The molecule has 0 aromatic rings. The van der Waals surface area contributed by atoms with Crippen molar-refractivity contribution in [3.63, 3.8) is 0 Å². The number of carbonyl (C=O) groups is 1. The predicted octanol–water partition coefficient (Wildman–Crippen LogP) is 1.31. The fraction of sp³-hybridized carbons (Fsp3) is 0.786. The Morgan fingerprint density at radius 3 is 2.72 bits per heavy atom. The molecule has 4 nitrogen and oxygen atoms in total. The Kier molecular flexibility index (Phi) is 4.78. The summed E-state index contributed by atoms with van der Waals surface area (Å²) in [7, 11) is 0. The second-order valence-electron chi connectivity index (χ2n) is 5.47. The van der Waals surface area contributed by atoms with Crippen LogP contribution in [-0.2, 0) is 9.53 Å². The van der Waals surface area contributed by atoms with E-state index in [2.05, 4.69) is 13.0 Å². The highest BCUT2D eigenvalue weighted by Gasteiger charge is 2.25. The minimum atomic E-state index is 0.140. The van der Waals surface area contributed by atoms with Crippen LogP contribution in [0.1, 0.15) is 32.6 Å². The Balaban J connectivity index is 1.85. The van der Waals surface area contributed by atoms with Gasteiger partial charge in [0, 0.05) is 31.8 Å². The zero-order chi connectivity index (χ0) is 13.0. The second-order valence-corrected chi connectivity index (χ2v) is 5.47. The molecule has 0 aromatic carbocycles. The maximum atomic E-state index is 12.1. The summed E-state index contributed by atoms with van der Waals surface area (Å²) in [4.78, 5) is 14.1. The predicted molar refractivity (Wildman–Crippen MR) is 71.1 cm³/mol. The standard InChI is InChI=1S/C14H24N2O2/c1-11-10-13(15)4-7-16(11)14(17)3-2-12-5-8-18-9-6-12/h2-3,11-13H,4-10,15H2,1H3/b3-2+. The van der Waals surface area contributed by atoms with Gasteiger partial charge in [0.05, 0.1) is 0 Å². The van der Waals surface area contributed by atoms with Crippen molar-refractivity contribution in [2.75, 3.05) is 19.8 Å². The Labute approximate surface area is 109 Å². The number of carbonyl (C=O) groups excluding carboxylic acids is 1. The lowest BCUT2D eigenvalue weighted by Gasteiger charge is -2.35. The number of amides is 1. The van der Waals surface area contributed by atoms with Crippen LogP contribution in [0, 0.1) is 5.92 Å². The maximum absolute atomic E-state index is 12.1. The average Bonchev–Trinajstić information content (AvgIpc) is 2.37. The van der Waals surface area contributed by atoms with E-state index in [0.29, 0.717) is 5.92 Å². The Hall–Kier alpha value is -0.870. The molecule has 2 saturated heterocycles. The van der Waals surface area contributed by atoms with Crippen LogP contribution in [0.25, 0.3) is 0 Å². The van der Waals surface area contributed by atoms with E-state index in [1.165, 1.54) is 0 Å². The molecule has 0 bridgehead atoms. The number of piperidine rings is 1. The number of likely N-dealkylation sites (tertiary alicyclic amines) is 1. The molecule has 1 amide bonds. The summed E-state index contributed by atoms with van der Waals surface area (Å²) in [6.07, 6.45) is 7.71. The molecule has 18 heavy (non-hydrogen) atoms. The Bertz CT molecular complexity index is 311. The largest absolute Gasteiger partial charge is 0.381 e. The number of hydrogen-bond acceptors (Lipinski definition) is 3. The molecule has 0 aromatic heterocycles. The lowest BCUT2D eigenvalue weighted by atomic mass is 9.98. The van der Waals surface area contributed by atoms with Gasteiger partial charge >= 0.3 is 0 Å². The number of nitrogens with two attached hydrogens (primary N) is 1. The monoisotopic (exact) mass is 252 g/mol. The molecule has 102 valence electrons. The van der Waals surface area contributed by atoms with Gasteiger partial charge in [0.2, 0.25) is 5.91 Å². The van der Waals surface area contributed by atoms with E-state index in [1.54, 1.807) is 6.08 Å². The summed E-state index contributed by atoms with van der Waals surface area (Å²) in [5.74, 6) is 0.644. The number of rotatable bonds is 2. The molecule has 2 aliphatic heterocycles. The third-order valence-electron chi connectivity index (χ3n) is 3.98. The number of ether oxygens (including phenoxy) is 1. The van der Waals surface area contributed by atoms with Crippen LogP contribution in [0.4, 0.5) is 0 Å². The van der Waals surface area contributed by atoms with E-state index >= 15 is 0 Å². The van der Waals surface area contributed by atoms with Crippen LogP contribution in [0.5, 0.6) is 0 Å². The van der Waals surface area contributed by atoms with Crippen molar-refractivity contribution in [2.45, 2.75) is 44.7 Å². The molecule has 0 spiro atoms. The summed E-state index contributed by atoms with van der Waals surface area (Å²) in [6.45, 7) is 4.51. The molecule has 0 radical (unpaired) electrons. The highest BCUT2D eigenvalue weighted by molar-refractivity contribution is 5.87. The van der Waals surface area contributed by atoms with Crippen LogP contribution >= 0.6 is 0 Å². The Morgan fingerprint density at radius 2 is 2.06 bits per heavy atom. The quantitative estimate of drug-likeness (QED) is 0.754. The summed E-state index contributed by atoms with van der Waals surface area (Å²) in [6, 6.07) is 0.518. The minimum absolute atomic E-state index is 0.140. The molecule has 2 N–H and O–H groups in total. The molecule has 2 rings (SSSR count). The van der Waals surface area contributed by atoms with Crippen LogP contribution in [0.2, 0.25) is 0 Å². The third kappa shape index (κ3) is 3.56. The van der Waals surface area contributed by atoms with Crippen molar-refractivity contribution in [1.29, 1.82) is 0 Å². The van der Waals surface area contributed by atoms with Crippen molar-refractivity contribution in [2.24, 2.45) is 11.7 Å². The molecule has 2 fully saturated rings. The SMILES string of the molecule is CC1CC(N)CCN1C(=O)/C=C/C1CCOCC1. The van der Waals surface area contributed by atoms with Crippen molar-refractivity contribution in [1.82, 2.24) is 4.90 Å². The van der Waals surface area contributed by atoms with Crippen molar-refractivity contribution in [3.8, 4) is 0 Å². The van der Waals surface area contributed by atoms with E-state index in [-0.39, 0.29) is 18.0 Å². The molecule has 0 saturated carbocycles. The van der Waals surface area contributed by atoms with Crippen LogP contribution < -0.4 is 5.73 Å². The topological polar surface area (TPSA) is 55.6 Å². The fourth-order valence-corrected chi connectivity index (χ4v) is 2.76. The van der Waals surface area contributed by atoms with Crippen molar-refractivity contribution >= 4 is 5.91 Å². The van der Waals surface area contributed by atoms with Gasteiger partial charge in [-0.1, -0.05) is 6.08 Å². The molecule has 2 atom stereocenters. The lowest BCUT2D eigenvalue weighted by molar-refractivity contribution is -0.129. The van der Waals surface area contributed by atoms with E-state index < -0.39 is 0 Å². The smallest absolute Gasteiger partial charge is 0.246 e. The van der Waals surface area contributed by atoms with Gasteiger partial charge < -0.3 is 15.4 Å². The van der Waals surface area contributed by atoms with Gasteiger partial charge in [-0.05, 0) is 44.6 Å². The van der Waals surface area contributed by atoms with Crippen LogP contribution in [-0.4, -0.2) is 42.6 Å². The van der Waals surface area contributed by atoms with Gasteiger partial charge in [-0.15, -0.1) is 0 Å². The third-order valence-corrected chi connectivity index (χ3v) is 3.98. The summed E-state index contributed by atoms with van der Waals surface area (Å²) >= 11 is 0. The molecule has 2 unspecified atom stereocenters. The first-order valence-electron chi connectivity index (χ1n) is 6.99. The van der Waals surface area contributed by atoms with Gasteiger partial charge in [-0.25, -0.2) is 0 Å². The second kappa shape index (κ2) is 6.34. The van der Waals surface area contributed by atoms with Gasteiger partial charge in [0.1, 0.15) is 0 Å². The zero-order valence-corrected chi connectivity index (χ0v) is 11.2. The van der Waals surface area contributed by atoms with E-state index in [0.717, 1.165) is 45.4 Å². The number of allylic oxidation sites excluding steroid dienone is 1. The summed E-state index contributed by atoms with van der Waals surface area (Å²) in [5, 5.41) is 0. The van der Waals surface area contributed by atoms with E-state index in [9.17, 15) is 4.79 Å². The van der Waals surface area contributed by atoms with Crippen molar-refractivity contribution < 1.29 is 9.53 Å². The van der Waals surface area contributed by atoms with Crippen molar-refractivity contribution in [3.05, 3.63) is 12.2 Å². The first kappa shape index (κ1) is 13.6. The summed E-state index contributed by atoms with van der Waals surface area (Å²) < 4.78 is 5.31. The van der Waals surface area contributed by atoms with E-state index in [1.807, 2.05) is 4.90 Å². The summed E-state index contributed by atoms with van der Waals surface area (Å²) in [5.41, 5.74) is 5.91. The molecule has 2 aliphatic rings. The first-order valence-corrected chi connectivity index (χ1v) is 6.99. The van der Waals surface area contributed by atoms with E-state index in [4.69, 9.17) is 10.5 Å². The normalized spacial score (nSPS) is 30.9. The van der Waals surface area contributed by atoms with Gasteiger partial charge in [0.25, 0.3) is 0 Å². The van der Waals surface area contributed by atoms with Gasteiger partial charge in [-0.2, -0.15) is 0 Å². The zero-order valence-electron chi connectivity index (χ0n) is 11.2. The molecular weight excluding hydrogens is 228 g/mol. The lowest BCUT2D eigenvalue weighted by Crippen LogP contribution is -2.47. The highest BCUT2D eigenvalue weighted by Crippen LogP contribution is 2.18. The average molecular weight is 252 g/mol. The minimum Gasteiger partial charge on any atom is -0.381 e. The first-order chi connectivity index (χ1) is 8.66. The highest BCUT2D eigenvalue weighted by atomic mass is 16.5. The fourth-order valence-electron chi connectivity index (χ4n) is 2.76. The molecule has 0 aliphatic carbocycles. The van der Waals surface area contributed by atoms with Crippen LogP contribution in [0.15, 0.2) is 12.2 Å². The molecule has 4 heteroatoms. The number of hydrogen-bond donors (Lipinski definition) is 1. The molecular formula is C14H24N2O2. The van der Waals surface area contributed by atoms with Gasteiger partial charge in [0.15, 0.2) is 0 Å². The molecule has 2 heterocycles. The van der Waals surface area contributed by atoms with Gasteiger partial charge in [-0.3, -0.25) is 4.79 Å².